The molecule has 2 N–H and O–H groups in total. The summed E-state index contributed by atoms with van der Waals surface area (Å²) in [4.78, 5) is 0.937. The summed E-state index contributed by atoms with van der Waals surface area (Å²) < 4.78 is 0. The molecule has 0 spiro atoms. The topological polar surface area (TPSA) is 26.0 Å². The van der Waals surface area contributed by atoms with Gasteiger partial charge in [0.25, 0.3) is 0 Å². The number of benzene rings is 1. The molecule has 1 fully saturated rings. The molecule has 1 aromatic rings. The molecule has 0 bridgehead atoms. The smallest absolute Gasteiger partial charge is 0.0543 e. The quantitative estimate of drug-likeness (QED) is 0.625. The number of nitrogens with two attached hydrogens (primary N) is 1. The third-order valence-corrected chi connectivity index (χ3v) is 4.50. The zero-order valence-corrected chi connectivity index (χ0v) is 13.9. The summed E-state index contributed by atoms with van der Waals surface area (Å²) in [6, 6.07) is 4.25. The van der Waals surface area contributed by atoms with E-state index < -0.39 is 0 Å². The van der Waals surface area contributed by atoms with Crippen LogP contribution in [0.4, 0.5) is 5.69 Å². The average molecular weight is 297 g/mol. The molecular weight excluding hydrogens is 274 g/mol. The maximum Gasteiger partial charge on any atom is 0.0543 e. The van der Waals surface area contributed by atoms with Crippen LogP contribution in [0.2, 0.25) is 0 Å². The highest BCUT2D eigenvalue weighted by Crippen LogP contribution is 2.28. The van der Waals surface area contributed by atoms with E-state index in [1.54, 1.807) is 11.8 Å². The zero-order chi connectivity index (χ0) is 15.4. The van der Waals surface area contributed by atoms with Crippen LogP contribution in [0, 0.1) is 31.6 Å². The van der Waals surface area contributed by atoms with Crippen molar-refractivity contribution in [3.63, 3.8) is 0 Å². The summed E-state index contributed by atoms with van der Waals surface area (Å²) in [7, 11) is 0. The van der Waals surface area contributed by atoms with Crippen molar-refractivity contribution in [2.24, 2.45) is 5.92 Å². The molecule has 1 saturated carbocycles. The first-order chi connectivity index (χ1) is 9.95. The van der Waals surface area contributed by atoms with Crippen molar-refractivity contribution in [1.82, 2.24) is 0 Å². The van der Waals surface area contributed by atoms with Crippen molar-refractivity contribution in [2.75, 3.05) is 5.73 Å². The standard InChI is InChI=1S/C19H23NS/c1-13(12-21-16(4)5-6-17-7-8-17)9-18-10-15(3)19(20)11-14(18)2/h10-12,17H,4,7-9,20H2,1-3H3/b13-12+. The second-order valence-electron chi connectivity index (χ2n) is 5.86. The molecule has 1 aliphatic rings. The fourth-order valence-electron chi connectivity index (χ4n) is 2.04. The van der Waals surface area contributed by atoms with Crippen LogP contribution in [-0.4, -0.2) is 0 Å². The van der Waals surface area contributed by atoms with Gasteiger partial charge in [-0.05, 0) is 68.2 Å². The highest BCUT2D eigenvalue weighted by Gasteiger charge is 2.17. The van der Waals surface area contributed by atoms with Crippen LogP contribution in [0.3, 0.4) is 0 Å². The Morgan fingerprint density at radius 2 is 2.10 bits per heavy atom. The number of thioether (sulfide) groups is 1. The Morgan fingerprint density at radius 3 is 2.76 bits per heavy atom. The van der Waals surface area contributed by atoms with Crippen LogP contribution >= 0.6 is 11.8 Å². The van der Waals surface area contributed by atoms with Gasteiger partial charge in [0.2, 0.25) is 0 Å². The lowest BCUT2D eigenvalue weighted by Gasteiger charge is -2.10. The van der Waals surface area contributed by atoms with E-state index in [-0.39, 0.29) is 0 Å². The van der Waals surface area contributed by atoms with Gasteiger partial charge in [-0.1, -0.05) is 41.8 Å². The van der Waals surface area contributed by atoms with Crippen molar-refractivity contribution >= 4 is 17.4 Å². The SMILES string of the molecule is C=C(C#CC1CC1)S/C=C(\C)Cc1cc(C)c(N)cc1C. The third kappa shape index (κ3) is 5.02. The highest BCUT2D eigenvalue weighted by atomic mass is 32.2. The molecule has 1 aromatic carbocycles. The molecule has 0 heterocycles. The number of rotatable bonds is 4. The van der Waals surface area contributed by atoms with Crippen LogP contribution in [0.15, 0.2) is 34.6 Å². The molecule has 0 atom stereocenters. The molecule has 1 aliphatic carbocycles. The predicted molar refractivity (Wildman–Crippen MR) is 95.0 cm³/mol. The molecule has 0 aromatic heterocycles. The lowest BCUT2D eigenvalue weighted by atomic mass is 9.99. The maximum atomic E-state index is 5.94. The molecule has 110 valence electrons. The fraction of sp³-hybridized carbons (Fsp3) is 0.368. The molecular formula is C19H23NS. The molecule has 0 unspecified atom stereocenters. The van der Waals surface area contributed by atoms with Crippen LogP contribution in [0.5, 0.6) is 0 Å². The minimum Gasteiger partial charge on any atom is -0.399 e. The van der Waals surface area contributed by atoms with E-state index in [0.29, 0.717) is 5.92 Å². The minimum atomic E-state index is 0.632. The van der Waals surface area contributed by atoms with Crippen molar-refractivity contribution < 1.29 is 0 Å². The fourth-order valence-corrected chi connectivity index (χ4v) is 2.59. The molecule has 21 heavy (non-hydrogen) atoms. The van der Waals surface area contributed by atoms with Crippen molar-refractivity contribution in [3.05, 3.63) is 51.3 Å². The van der Waals surface area contributed by atoms with E-state index in [9.17, 15) is 0 Å². The Bertz CT molecular complexity index is 640. The lowest BCUT2D eigenvalue weighted by Crippen LogP contribution is -1.96. The number of aryl methyl sites for hydroxylation is 2. The summed E-state index contributed by atoms with van der Waals surface area (Å²) in [5, 5.41) is 2.16. The van der Waals surface area contributed by atoms with Gasteiger partial charge in [0.15, 0.2) is 0 Å². The van der Waals surface area contributed by atoms with E-state index in [0.717, 1.165) is 22.6 Å². The van der Waals surface area contributed by atoms with Gasteiger partial charge in [0.1, 0.15) is 0 Å². The predicted octanol–water partition coefficient (Wildman–Crippen LogP) is 4.99. The van der Waals surface area contributed by atoms with Gasteiger partial charge in [0, 0.05) is 11.6 Å². The van der Waals surface area contributed by atoms with Crippen LogP contribution in [0.1, 0.15) is 36.5 Å². The van der Waals surface area contributed by atoms with E-state index in [4.69, 9.17) is 5.73 Å². The summed E-state index contributed by atoms with van der Waals surface area (Å²) in [5.74, 6) is 7.02. The maximum absolute atomic E-state index is 5.94. The number of anilines is 1. The molecule has 2 rings (SSSR count). The van der Waals surface area contributed by atoms with Gasteiger partial charge >= 0.3 is 0 Å². The van der Waals surface area contributed by atoms with Crippen molar-refractivity contribution in [1.29, 1.82) is 0 Å². The van der Waals surface area contributed by atoms with E-state index in [2.05, 4.69) is 56.7 Å². The van der Waals surface area contributed by atoms with E-state index in [1.165, 1.54) is 29.5 Å². The molecule has 1 nitrogen and oxygen atoms in total. The summed E-state index contributed by atoms with van der Waals surface area (Å²) in [6.07, 6.45) is 3.47. The van der Waals surface area contributed by atoms with E-state index >= 15 is 0 Å². The Labute approximate surface area is 132 Å². The summed E-state index contributed by atoms with van der Waals surface area (Å²) in [5.41, 5.74) is 11.9. The Balaban J connectivity index is 1.95. The third-order valence-electron chi connectivity index (χ3n) is 3.59. The normalized spacial score (nSPS) is 14.5. The largest absolute Gasteiger partial charge is 0.399 e. The van der Waals surface area contributed by atoms with Gasteiger partial charge in [-0.25, -0.2) is 0 Å². The zero-order valence-electron chi connectivity index (χ0n) is 13.1. The van der Waals surface area contributed by atoms with Gasteiger partial charge in [0.05, 0.1) is 4.91 Å². The Kier molecular flexibility index (Phi) is 5.20. The van der Waals surface area contributed by atoms with Crippen LogP contribution in [0.25, 0.3) is 0 Å². The first-order valence-electron chi connectivity index (χ1n) is 7.34. The first kappa shape index (κ1) is 15.8. The van der Waals surface area contributed by atoms with Crippen LogP contribution < -0.4 is 5.73 Å². The minimum absolute atomic E-state index is 0.632. The molecule has 2 heteroatoms. The first-order valence-corrected chi connectivity index (χ1v) is 8.22. The highest BCUT2D eigenvalue weighted by molar-refractivity contribution is 8.06. The van der Waals surface area contributed by atoms with Crippen LogP contribution in [-0.2, 0) is 6.42 Å². The summed E-state index contributed by atoms with van der Waals surface area (Å²) in [6.45, 7) is 10.3. The molecule has 0 radical (unpaired) electrons. The van der Waals surface area contributed by atoms with Crippen molar-refractivity contribution in [3.8, 4) is 11.8 Å². The number of allylic oxidation sites excluding steroid dienone is 2. The number of hydrogen-bond acceptors (Lipinski definition) is 2. The molecule has 0 amide bonds. The molecule has 0 saturated heterocycles. The monoisotopic (exact) mass is 297 g/mol. The van der Waals surface area contributed by atoms with Gasteiger partial charge in [-0.3, -0.25) is 0 Å². The Hall–Kier alpha value is -1.59. The van der Waals surface area contributed by atoms with Gasteiger partial charge in [-0.2, -0.15) is 0 Å². The van der Waals surface area contributed by atoms with E-state index in [1.807, 2.05) is 0 Å². The van der Waals surface area contributed by atoms with Gasteiger partial charge < -0.3 is 5.73 Å². The number of hydrogen-bond donors (Lipinski definition) is 1. The van der Waals surface area contributed by atoms with Gasteiger partial charge in [-0.15, -0.1) is 0 Å². The average Bonchev–Trinajstić information content (AvgIpc) is 3.24. The second-order valence-corrected chi connectivity index (χ2v) is 6.83. The molecule has 0 aliphatic heterocycles. The Morgan fingerprint density at radius 1 is 1.38 bits per heavy atom. The second kappa shape index (κ2) is 6.91. The van der Waals surface area contributed by atoms with Crippen molar-refractivity contribution in [2.45, 2.75) is 40.0 Å². The summed E-state index contributed by atoms with van der Waals surface area (Å²) >= 11 is 1.63. The number of nitrogen functional groups attached to an aromatic ring is 1. The lowest BCUT2D eigenvalue weighted by molar-refractivity contribution is 1.11.